The van der Waals surface area contributed by atoms with Crippen molar-refractivity contribution in [3.63, 3.8) is 0 Å². The summed E-state index contributed by atoms with van der Waals surface area (Å²) in [6.45, 7) is 3.79. The normalized spacial score (nSPS) is 15.5. The number of amidine groups is 1. The summed E-state index contributed by atoms with van der Waals surface area (Å²) < 4.78 is 29.1. The molecule has 0 atom stereocenters. The monoisotopic (exact) mass is 340 g/mol. The maximum Gasteiger partial charge on any atom is 0.367 e. The van der Waals surface area contributed by atoms with Crippen LogP contribution in [-0.4, -0.2) is 31.8 Å². The molecule has 2 aromatic carbocycles. The van der Waals surface area contributed by atoms with Crippen LogP contribution in [0.1, 0.15) is 16.7 Å². The van der Waals surface area contributed by atoms with Crippen molar-refractivity contribution >= 4 is 27.3 Å². The van der Waals surface area contributed by atoms with Crippen LogP contribution in [0.3, 0.4) is 0 Å². The van der Waals surface area contributed by atoms with Crippen molar-refractivity contribution in [2.75, 3.05) is 11.9 Å². The molecule has 0 bridgehead atoms. The Morgan fingerprint density at radius 1 is 1.04 bits per heavy atom. The highest BCUT2D eigenvalue weighted by Gasteiger charge is 2.38. The number of aryl methyl sites for hydroxylation is 2. The standard InChI is InChI=1S/C17H16N4O2S/c1-11-4-7-13(8-5-11)24(22,23)20-17-16(19-18)14-10-12(2)6-9-15(14)21(17)3/h4-10H,1-3H3/b20-17-. The van der Waals surface area contributed by atoms with E-state index in [1.807, 2.05) is 32.0 Å². The van der Waals surface area contributed by atoms with Gasteiger partial charge >= 0.3 is 5.71 Å². The lowest BCUT2D eigenvalue weighted by Crippen LogP contribution is -2.28. The molecular weight excluding hydrogens is 324 g/mol. The number of benzene rings is 2. The summed E-state index contributed by atoms with van der Waals surface area (Å²) in [4.78, 5) is 4.98. The fourth-order valence-electron chi connectivity index (χ4n) is 2.61. The Labute approximate surface area is 140 Å². The summed E-state index contributed by atoms with van der Waals surface area (Å²) in [5.41, 5.74) is 12.9. The van der Waals surface area contributed by atoms with Gasteiger partial charge < -0.3 is 10.4 Å². The highest BCUT2D eigenvalue weighted by Crippen LogP contribution is 2.29. The molecule has 0 fully saturated rings. The zero-order valence-corrected chi connectivity index (χ0v) is 14.4. The molecule has 0 radical (unpaired) electrons. The average Bonchev–Trinajstić information content (AvgIpc) is 2.78. The summed E-state index contributed by atoms with van der Waals surface area (Å²) in [6.07, 6.45) is 0. The Morgan fingerprint density at radius 3 is 2.29 bits per heavy atom. The summed E-state index contributed by atoms with van der Waals surface area (Å²) in [5, 5.41) is 0. The topological polar surface area (TPSA) is 86.1 Å². The largest absolute Gasteiger partial charge is 0.367 e. The molecule has 122 valence electrons. The third-order valence-electron chi connectivity index (χ3n) is 3.92. The minimum absolute atomic E-state index is 0.0958. The third kappa shape index (κ3) is 2.64. The summed E-state index contributed by atoms with van der Waals surface area (Å²) in [7, 11) is -2.22. The van der Waals surface area contributed by atoms with E-state index >= 15 is 0 Å². The number of nitrogens with zero attached hydrogens (tertiary/aromatic N) is 4. The van der Waals surface area contributed by atoms with E-state index in [2.05, 4.69) is 9.19 Å². The smallest absolute Gasteiger partial charge is 0.361 e. The van der Waals surface area contributed by atoms with Crippen LogP contribution in [-0.2, 0) is 10.0 Å². The molecule has 0 spiro atoms. The Balaban J connectivity index is 2.14. The Hall–Kier alpha value is -2.76. The molecular formula is C17H16N4O2S. The minimum atomic E-state index is -3.91. The summed E-state index contributed by atoms with van der Waals surface area (Å²) in [6, 6.07) is 12.0. The quantitative estimate of drug-likeness (QED) is 0.622. The summed E-state index contributed by atoms with van der Waals surface area (Å²) >= 11 is 0. The molecule has 0 saturated carbocycles. The lowest BCUT2D eigenvalue weighted by molar-refractivity contribution is -0.000206. The lowest BCUT2D eigenvalue weighted by Gasteiger charge is -2.11. The van der Waals surface area contributed by atoms with Crippen LogP contribution < -0.4 is 4.90 Å². The molecule has 0 N–H and O–H groups in total. The van der Waals surface area contributed by atoms with Crippen molar-refractivity contribution in [2.24, 2.45) is 4.40 Å². The van der Waals surface area contributed by atoms with Crippen molar-refractivity contribution < 1.29 is 13.2 Å². The Kier molecular flexibility index (Phi) is 3.83. The van der Waals surface area contributed by atoms with Crippen molar-refractivity contribution in [3.8, 4) is 0 Å². The van der Waals surface area contributed by atoms with Crippen LogP contribution >= 0.6 is 0 Å². The van der Waals surface area contributed by atoms with Gasteiger partial charge in [0.15, 0.2) is 0 Å². The van der Waals surface area contributed by atoms with E-state index < -0.39 is 10.0 Å². The average molecular weight is 340 g/mol. The van der Waals surface area contributed by atoms with Gasteiger partial charge in [0.25, 0.3) is 10.0 Å². The fourth-order valence-corrected chi connectivity index (χ4v) is 3.63. The highest BCUT2D eigenvalue weighted by molar-refractivity contribution is 7.90. The SMILES string of the molecule is Cc1ccc(S(=O)(=O)/N=C2/C(=[N+]=[N-])c3cc(C)ccc3N2C)cc1. The van der Waals surface area contributed by atoms with Gasteiger partial charge in [0.05, 0.1) is 16.1 Å². The van der Waals surface area contributed by atoms with Crippen LogP contribution in [0, 0.1) is 13.8 Å². The van der Waals surface area contributed by atoms with Gasteiger partial charge in [0.1, 0.15) is 0 Å². The number of fused-ring (bicyclic) bond motifs is 1. The second kappa shape index (κ2) is 5.70. The molecule has 1 heterocycles. The van der Waals surface area contributed by atoms with Gasteiger partial charge in [-0.3, -0.25) is 0 Å². The first-order chi connectivity index (χ1) is 11.3. The molecule has 6 nitrogen and oxygen atoms in total. The number of rotatable bonds is 2. The molecule has 0 saturated heterocycles. The van der Waals surface area contributed by atoms with Crippen molar-refractivity contribution in [3.05, 3.63) is 64.7 Å². The molecule has 1 aliphatic heterocycles. The second-order valence-corrected chi connectivity index (χ2v) is 7.34. The molecule has 0 aromatic heterocycles. The first-order valence-electron chi connectivity index (χ1n) is 7.32. The first-order valence-corrected chi connectivity index (χ1v) is 8.76. The van der Waals surface area contributed by atoms with Crippen LogP contribution in [0.15, 0.2) is 51.8 Å². The predicted octanol–water partition coefficient (Wildman–Crippen LogP) is 2.56. The highest BCUT2D eigenvalue weighted by atomic mass is 32.2. The van der Waals surface area contributed by atoms with Crippen molar-refractivity contribution in [1.82, 2.24) is 0 Å². The van der Waals surface area contributed by atoms with Gasteiger partial charge in [-0.25, -0.2) is 0 Å². The first kappa shape index (κ1) is 16.1. The molecule has 24 heavy (non-hydrogen) atoms. The van der Waals surface area contributed by atoms with Crippen LogP contribution in [0.4, 0.5) is 5.69 Å². The zero-order chi connectivity index (χ0) is 17.5. The second-order valence-electron chi connectivity index (χ2n) is 5.73. The van der Waals surface area contributed by atoms with Gasteiger partial charge in [-0.05, 0) is 38.1 Å². The van der Waals surface area contributed by atoms with Crippen LogP contribution in [0.5, 0.6) is 0 Å². The van der Waals surface area contributed by atoms with E-state index in [1.165, 1.54) is 12.1 Å². The van der Waals surface area contributed by atoms with Crippen LogP contribution in [0.25, 0.3) is 5.53 Å². The van der Waals surface area contributed by atoms with E-state index in [0.29, 0.717) is 5.56 Å². The molecule has 0 unspecified atom stereocenters. The third-order valence-corrected chi connectivity index (χ3v) is 5.20. The van der Waals surface area contributed by atoms with E-state index in [4.69, 9.17) is 0 Å². The van der Waals surface area contributed by atoms with Gasteiger partial charge in [-0.2, -0.15) is 13.2 Å². The van der Waals surface area contributed by atoms with Gasteiger partial charge in [0, 0.05) is 7.05 Å². The number of hydrogen-bond donors (Lipinski definition) is 0. The maximum atomic E-state index is 12.6. The summed E-state index contributed by atoms with van der Waals surface area (Å²) in [5.74, 6) is 0.0960. The molecule has 2 aromatic rings. The van der Waals surface area contributed by atoms with E-state index in [9.17, 15) is 13.9 Å². The Bertz CT molecular complexity index is 1000. The molecule has 3 rings (SSSR count). The van der Waals surface area contributed by atoms with Crippen LogP contribution in [0.2, 0.25) is 0 Å². The number of likely N-dealkylation sites (N-methyl/N-ethyl adjacent to an activating group) is 1. The van der Waals surface area contributed by atoms with Gasteiger partial charge in [0.2, 0.25) is 5.84 Å². The fraction of sp³-hybridized carbons (Fsp3) is 0.176. The molecule has 7 heteroatoms. The van der Waals surface area contributed by atoms with Gasteiger partial charge in [-0.15, -0.1) is 4.40 Å². The van der Waals surface area contributed by atoms with E-state index in [0.717, 1.165) is 16.8 Å². The molecule has 0 aliphatic carbocycles. The predicted molar refractivity (Wildman–Crippen MR) is 93.1 cm³/mol. The number of sulfonamides is 1. The lowest BCUT2D eigenvalue weighted by atomic mass is 10.1. The molecule has 1 aliphatic rings. The van der Waals surface area contributed by atoms with Crippen molar-refractivity contribution in [1.29, 1.82) is 0 Å². The van der Waals surface area contributed by atoms with E-state index in [-0.39, 0.29) is 16.4 Å². The van der Waals surface area contributed by atoms with Crippen molar-refractivity contribution in [2.45, 2.75) is 18.7 Å². The number of hydrogen-bond acceptors (Lipinski definition) is 2. The number of anilines is 1. The van der Waals surface area contributed by atoms with Gasteiger partial charge in [-0.1, -0.05) is 29.3 Å². The maximum absolute atomic E-state index is 12.6. The van der Waals surface area contributed by atoms with E-state index in [1.54, 1.807) is 24.1 Å². The Morgan fingerprint density at radius 2 is 1.67 bits per heavy atom. The minimum Gasteiger partial charge on any atom is -0.361 e. The zero-order valence-electron chi connectivity index (χ0n) is 13.6. The molecule has 0 amide bonds.